The number of phenolic OH excluding ortho intramolecular Hbond substituents is 1. The maximum atomic E-state index is 10.5. The molecule has 0 amide bonds. The molecular weight excluding hydrogens is 362 g/mol. The topological polar surface area (TPSA) is 65.4 Å². The minimum atomic E-state index is 0.134. The van der Waals surface area contributed by atoms with E-state index in [1.165, 1.54) is 0 Å². The van der Waals surface area contributed by atoms with Crippen molar-refractivity contribution in [2.45, 2.75) is 38.8 Å². The summed E-state index contributed by atoms with van der Waals surface area (Å²) in [6.07, 6.45) is 4.60. The third-order valence-electron chi connectivity index (χ3n) is 6.98. The Bertz CT molecular complexity index is 1020. The van der Waals surface area contributed by atoms with Crippen LogP contribution in [-0.4, -0.2) is 57.4 Å². The molecule has 3 heterocycles. The summed E-state index contributed by atoms with van der Waals surface area (Å²) in [5.74, 6) is 1.54. The van der Waals surface area contributed by atoms with E-state index in [2.05, 4.69) is 59.8 Å². The monoisotopic (exact) mass is 391 g/mol. The molecule has 152 valence electrons. The van der Waals surface area contributed by atoms with E-state index in [9.17, 15) is 5.11 Å². The van der Waals surface area contributed by atoms with Crippen LogP contribution < -0.4 is 4.90 Å². The molecule has 2 aromatic heterocycles. The van der Waals surface area contributed by atoms with Crippen LogP contribution in [0.4, 0.5) is 5.82 Å². The van der Waals surface area contributed by atoms with Gasteiger partial charge in [-0.15, -0.1) is 10.2 Å². The van der Waals surface area contributed by atoms with Crippen LogP contribution in [0.3, 0.4) is 0 Å². The van der Waals surface area contributed by atoms with Gasteiger partial charge in [0.25, 0.3) is 0 Å². The number of pyridine rings is 1. The van der Waals surface area contributed by atoms with Crippen LogP contribution in [0.2, 0.25) is 0 Å². The zero-order valence-corrected chi connectivity index (χ0v) is 17.8. The van der Waals surface area contributed by atoms with Crippen LogP contribution in [-0.2, 0) is 0 Å². The largest absolute Gasteiger partial charge is 0.507 e. The first-order chi connectivity index (χ1) is 13.8. The van der Waals surface area contributed by atoms with Crippen LogP contribution in [0.25, 0.3) is 22.0 Å². The smallest absolute Gasteiger partial charge is 0.151 e. The van der Waals surface area contributed by atoms with Crippen molar-refractivity contribution in [2.24, 2.45) is 5.92 Å². The Kier molecular flexibility index (Phi) is 4.90. The number of hydrogen-bond acceptors (Lipinski definition) is 6. The Morgan fingerprint density at radius 2 is 1.93 bits per heavy atom. The molecule has 2 atom stereocenters. The highest BCUT2D eigenvalue weighted by Gasteiger charge is 2.41. The van der Waals surface area contributed by atoms with Crippen molar-refractivity contribution in [3.8, 4) is 17.0 Å². The Morgan fingerprint density at radius 1 is 1.14 bits per heavy atom. The van der Waals surface area contributed by atoms with Crippen LogP contribution in [0.15, 0.2) is 42.7 Å². The lowest BCUT2D eigenvalue weighted by molar-refractivity contribution is 0.0391. The number of rotatable bonds is 3. The minimum absolute atomic E-state index is 0.134. The van der Waals surface area contributed by atoms with Crippen LogP contribution in [0, 0.1) is 5.92 Å². The minimum Gasteiger partial charge on any atom is -0.507 e. The molecule has 1 aliphatic rings. The van der Waals surface area contributed by atoms with Gasteiger partial charge in [0.05, 0.1) is 5.69 Å². The van der Waals surface area contributed by atoms with Crippen molar-refractivity contribution in [1.29, 1.82) is 0 Å². The molecule has 6 heteroatoms. The second-order valence-corrected chi connectivity index (χ2v) is 8.70. The molecule has 1 fully saturated rings. The van der Waals surface area contributed by atoms with E-state index < -0.39 is 0 Å². The first-order valence-corrected chi connectivity index (χ1v) is 10.1. The number of aromatic nitrogens is 3. The molecular formula is C23H29N5O. The molecule has 0 spiro atoms. The highest BCUT2D eigenvalue weighted by atomic mass is 16.3. The first kappa shape index (κ1) is 19.6. The molecule has 4 rings (SSSR count). The maximum Gasteiger partial charge on any atom is 0.151 e. The average molecular weight is 392 g/mol. The van der Waals surface area contributed by atoms with Crippen molar-refractivity contribution in [2.75, 3.05) is 25.5 Å². The van der Waals surface area contributed by atoms with Crippen molar-refractivity contribution in [3.05, 3.63) is 42.7 Å². The number of phenols is 1. The van der Waals surface area contributed by atoms with E-state index in [4.69, 9.17) is 0 Å². The number of nitrogens with zero attached hydrogens (tertiary/aromatic N) is 5. The molecule has 6 nitrogen and oxygen atoms in total. The van der Waals surface area contributed by atoms with E-state index in [1.807, 2.05) is 24.3 Å². The van der Waals surface area contributed by atoms with Crippen LogP contribution in [0.5, 0.6) is 5.75 Å². The Morgan fingerprint density at radius 3 is 2.66 bits per heavy atom. The van der Waals surface area contributed by atoms with E-state index in [-0.39, 0.29) is 11.3 Å². The van der Waals surface area contributed by atoms with Gasteiger partial charge in [-0.25, -0.2) is 0 Å². The Balaban J connectivity index is 1.60. The van der Waals surface area contributed by atoms with Gasteiger partial charge in [0.15, 0.2) is 5.82 Å². The first-order valence-electron chi connectivity index (χ1n) is 10.1. The Labute approximate surface area is 172 Å². The molecule has 3 aromatic rings. The number of fused-ring (bicyclic) bond motifs is 1. The van der Waals surface area contributed by atoms with Gasteiger partial charge < -0.3 is 14.9 Å². The summed E-state index contributed by atoms with van der Waals surface area (Å²) < 4.78 is 0. The standard InChI is InChI=1S/C23H29N5O/c1-15-20(9-11-27(4)23(15,2)3)28(5)22-7-6-19(25-26-22)18-12-17-14-24-10-8-16(17)13-21(18)29/h6-8,10,12-15,20,29H,9,11H2,1-5H3. The quantitative estimate of drug-likeness (QED) is 0.729. The van der Waals surface area contributed by atoms with E-state index in [1.54, 1.807) is 18.5 Å². The molecule has 0 bridgehead atoms. The van der Waals surface area contributed by atoms with Crippen molar-refractivity contribution >= 4 is 16.6 Å². The summed E-state index contributed by atoms with van der Waals surface area (Å²) in [5.41, 5.74) is 1.46. The highest BCUT2D eigenvalue weighted by Crippen LogP contribution is 2.36. The summed E-state index contributed by atoms with van der Waals surface area (Å²) in [6, 6.07) is 9.87. The number of anilines is 1. The maximum absolute atomic E-state index is 10.5. The average Bonchev–Trinajstić information content (AvgIpc) is 2.72. The van der Waals surface area contributed by atoms with E-state index in [0.29, 0.717) is 23.2 Å². The van der Waals surface area contributed by atoms with Gasteiger partial charge in [-0.05, 0) is 69.0 Å². The number of aromatic hydroxyl groups is 1. The molecule has 2 unspecified atom stereocenters. The summed E-state index contributed by atoms with van der Waals surface area (Å²) in [4.78, 5) is 8.85. The zero-order valence-electron chi connectivity index (χ0n) is 17.8. The lowest BCUT2D eigenvalue weighted by atomic mass is 9.77. The van der Waals surface area contributed by atoms with Crippen LogP contribution in [0.1, 0.15) is 27.2 Å². The van der Waals surface area contributed by atoms with Gasteiger partial charge in [0.2, 0.25) is 0 Å². The fraction of sp³-hybridized carbons (Fsp3) is 0.435. The van der Waals surface area contributed by atoms with Crippen molar-refractivity contribution in [1.82, 2.24) is 20.1 Å². The predicted octanol–water partition coefficient (Wildman–Crippen LogP) is 3.95. The van der Waals surface area contributed by atoms with Crippen molar-refractivity contribution in [3.63, 3.8) is 0 Å². The van der Waals surface area contributed by atoms with E-state index in [0.717, 1.165) is 29.6 Å². The van der Waals surface area contributed by atoms with Gasteiger partial charge >= 0.3 is 0 Å². The number of benzene rings is 1. The van der Waals surface area contributed by atoms with Crippen LogP contribution >= 0.6 is 0 Å². The third-order valence-corrected chi connectivity index (χ3v) is 6.98. The molecule has 0 aliphatic carbocycles. The highest BCUT2D eigenvalue weighted by molar-refractivity contribution is 5.89. The second kappa shape index (κ2) is 7.26. The van der Waals surface area contributed by atoms with Gasteiger partial charge in [0.1, 0.15) is 5.75 Å². The number of likely N-dealkylation sites (tertiary alicyclic amines) is 1. The Hall–Kier alpha value is -2.73. The molecule has 0 saturated carbocycles. The van der Waals surface area contributed by atoms with Gasteiger partial charge in [0, 0.05) is 48.5 Å². The molecule has 1 saturated heterocycles. The summed E-state index contributed by atoms with van der Waals surface area (Å²) in [7, 11) is 4.30. The fourth-order valence-corrected chi connectivity index (χ4v) is 4.37. The normalized spacial score (nSPS) is 22.0. The number of piperidine rings is 1. The summed E-state index contributed by atoms with van der Waals surface area (Å²) >= 11 is 0. The third kappa shape index (κ3) is 3.42. The summed E-state index contributed by atoms with van der Waals surface area (Å²) in [5, 5.41) is 21.3. The fourth-order valence-electron chi connectivity index (χ4n) is 4.37. The number of hydrogen-bond donors (Lipinski definition) is 1. The lowest BCUT2D eigenvalue weighted by Gasteiger charge is -2.51. The molecule has 1 aromatic carbocycles. The molecule has 0 radical (unpaired) electrons. The van der Waals surface area contributed by atoms with Crippen molar-refractivity contribution < 1.29 is 5.11 Å². The van der Waals surface area contributed by atoms with Gasteiger partial charge in [-0.3, -0.25) is 4.98 Å². The predicted molar refractivity (Wildman–Crippen MR) is 117 cm³/mol. The SMILES string of the molecule is CC1C(N(C)c2ccc(-c3cc4cnccc4cc3O)nn2)CCN(C)C1(C)C. The zero-order chi connectivity index (χ0) is 20.8. The lowest BCUT2D eigenvalue weighted by Crippen LogP contribution is -2.59. The van der Waals surface area contributed by atoms with Gasteiger partial charge in [-0.2, -0.15) is 0 Å². The molecule has 1 N–H and O–H groups in total. The summed E-state index contributed by atoms with van der Waals surface area (Å²) in [6.45, 7) is 8.00. The second-order valence-electron chi connectivity index (χ2n) is 8.70. The molecule has 29 heavy (non-hydrogen) atoms. The molecule has 1 aliphatic heterocycles. The van der Waals surface area contributed by atoms with Gasteiger partial charge in [-0.1, -0.05) is 6.92 Å². The van der Waals surface area contributed by atoms with E-state index >= 15 is 0 Å².